The molecule has 1 aromatic carbocycles. The van der Waals surface area contributed by atoms with E-state index in [1.54, 1.807) is 31.2 Å². The van der Waals surface area contributed by atoms with Gasteiger partial charge < -0.3 is 15.2 Å². The van der Waals surface area contributed by atoms with E-state index in [-0.39, 0.29) is 37.3 Å². The van der Waals surface area contributed by atoms with Crippen molar-refractivity contribution in [1.29, 1.82) is 0 Å². The van der Waals surface area contributed by atoms with Crippen LogP contribution >= 0.6 is 0 Å². The van der Waals surface area contributed by atoms with Crippen LogP contribution in [0.15, 0.2) is 41.6 Å². The molecule has 10 nitrogen and oxygen atoms in total. The van der Waals surface area contributed by atoms with Crippen LogP contribution in [0.1, 0.15) is 17.3 Å². The molecule has 0 aliphatic rings. The molecule has 0 aliphatic carbocycles. The zero-order valence-electron chi connectivity index (χ0n) is 15.2. The Kier molecular flexibility index (Phi) is 5.80. The fourth-order valence-electron chi connectivity index (χ4n) is 2.69. The van der Waals surface area contributed by atoms with Crippen LogP contribution < -0.4 is 10.9 Å². The van der Waals surface area contributed by atoms with Crippen LogP contribution in [0.25, 0.3) is 11.0 Å². The molecule has 146 valence electrons. The van der Waals surface area contributed by atoms with E-state index in [0.29, 0.717) is 11.3 Å². The Bertz CT molecular complexity index is 1070. The van der Waals surface area contributed by atoms with E-state index in [4.69, 9.17) is 9.84 Å². The minimum absolute atomic E-state index is 0.135. The van der Waals surface area contributed by atoms with Crippen molar-refractivity contribution < 1.29 is 19.4 Å². The van der Waals surface area contributed by atoms with Gasteiger partial charge in [0.1, 0.15) is 18.3 Å². The molecule has 0 radical (unpaired) electrons. The Balaban J connectivity index is 1.80. The third kappa shape index (κ3) is 3.91. The van der Waals surface area contributed by atoms with Gasteiger partial charge in [0.15, 0.2) is 5.65 Å². The first-order valence-corrected chi connectivity index (χ1v) is 8.63. The molecule has 0 aliphatic heterocycles. The van der Waals surface area contributed by atoms with Crippen molar-refractivity contribution >= 4 is 28.6 Å². The average Bonchev–Trinajstić information content (AvgIpc) is 3.08. The van der Waals surface area contributed by atoms with Crippen LogP contribution in [0.2, 0.25) is 0 Å². The van der Waals surface area contributed by atoms with Gasteiger partial charge in [0.05, 0.1) is 37.2 Å². The zero-order valence-corrected chi connectivity index (χ0v) is 15.2. The maximum atomic E-state index is 12.5. The van der Waals surface area contributed by atoms with Crippen molar-refractivity contribution in [2.45, 2.75) is 20.0 Å². The van der Waals surface area contributed by atoms with Crippen molar-refractivity contribution in [3.8, 4) is 0 Å². The van der Waals surface area contributed by atoms with E-state index in [9.17, 15) is 14.4 Å². The molecule has 0 saturated heterocycles. The maximum absolute atomic E-state index is 12.5. The summed E-state index contributed by atoms with van der Waals surface area (Å²) in [4.78, 5) is 41.1. The van der Waals surface area contributed by atoms with E-state index >= 15 is 0 Å². The highest BCUT2D eigenvalue weighted by Gasteiger charge is 2.16. The molecule has 2 heterocycles. The predicted molar refractivity (Wildman–Crippen MR) is 99.9 cm³/mol. The second kappa shape index (κ2) is 8.44. The summed E-state index contributed by atoms with van der Waals surface area (Å²) >= 11 is 0. The van der Waals surface area contributed by atoms with Crippen molar-refractivity contribution in [3.63, 3.8) is 0 Å². The molecule has 3 rings (SSSR count). The number of carbonyl (C=O) groups is 2. The monoisotopic (exact) mass is 385 g/mol. The summed E-state index contributed by atoms with van der Waals surface area (Å²) in [6.45, 7) is 1.70. The van der Waals surface area contributed by atoms with Gasteiger partial charge in [-0.05, 0) is 19.1 Å². The van der Waals surface area contributed by atoms with Crippen LogP contribution in [0.3, 0.4) is 0 Å². The number of nitrogens with zero attached hydrogens (tertiary/aromatic N) is 4. The van der Waals surface area contributed by atoms with Crippen molar-refractivity contribution in [2.24, 2.45) is 0 Å². The van der Waals surface area contributed by atoms with E-state index < -0.39 is 17.4 Å². The zero-order chi connectivity index (χ0) is 20.1. The molecule has 2 N–H and O–H groups in total. The number of aliphatic hydroxyl groups is 1. The van der Waals surface area contributed by atoms with Gasteiger partial charge in [-0.3, -0.25) is 14.2 Å². The molecule has 0 unspecified atom stereocenters. The van der Waals surface area contributed by atoms with Crippen LogP contribution in [0.4, 0.5) is 5.69 Å². The van der Waals surface area contributed by atoms with Crippen molar-refractivity contribution in [3.05, 3.63) is 52.7 Å². The summed E-state index contributed by atoms with van der Waals surface area (Å²) < 4.78 is 7.54. The maximum Gasteiger partial charge on any atom is 0.340 e. The lowest BCUT2D eigenvalue weighted by Gasteiger charge is -2.11. The number of hydrogen-bond donors (Lipinski definition) is 2. The highest BCUT2D eigenvalue weighted by Crippen LogP contribution is 2.16. The topological polar surface area (TPSA) is 128 Å². The Hall–Kier alpha value is -3.53. The highest BCUT2D eigenvalue weighted by atomic mass is 16.5. The van der Waals surface area contributed by atoms with Gasteiger partial charge in [-0.2, -0.15) is 5.10 Å². The third-order valence-corrected chi connectivity index (χ3v) is 3.94. The number of nitrogens with one attached hydrogen (secondary N) is 1. The average molecular weight is 385 g/mol. The lowest BCUT2D eigenvalue weighted by Crippen LogP contribution is -2.28. The van der Waals surface area contributed by atoms with E-state index in [2.05, 4.69) is 15.4 Å². The summed E-state index contributed by atoms with van der Waals surface area (Å²) in [6, 6.07) is 6.46. The van der Waals surface area contributed by atoms with Gasteiger partial charge in [0.25, 0.3) is 5.56 Å². The van der Waals surface area contributed by atoms with Gasteiger partial charge in [-0.25, -0.2) is 14.5 Å². The number of amides is 1. The number of anilines is 1. The first-order chi connectivity index (χ1) is 13.5. The first kappa shape index (κ1) is 19.2. The molecular weight excluding hydrogens is 366 g/mol. The Morgan fingerprint density at radius 2 is 2.07 bits per heavy atom. The van der Waals surface area contributed by atoms with Crippen molar-refractivity contribution in [1.82, 2.24) is 19.3 Å². The molecule has 28 heavy (non-hydrogen) atoms. The van der Waals surface area contributed by atoms with Crippen molar-refractivity contribution in [2.75, 3.05) is 18.5 Å². The van der Waals surface area contributed by atoms with Crippen LogP contribution in [0.5, 0.6) is 0 Å². The number of benzene rings is 1. The fourth-order valence-corrected chi connectivity index (χ4v) is 2.69. The Morgan fingerprint density at radius 1 is 1.29 bits per heavy atom. The second-order valence-electron chi connectivity index (χ2n) is 5.82. The minimum Gasteiger partial charge on any atom is -0.462 e. The molecule has 3 aromatic rings. The first-order valence-electron chi connectivity index (χ1n) is 8.63. The summed E-state index contributed by atoms with van der Waals surface area (Å²) in [5, 5.41) is 15.9. The number of fused-ring (bicyclic) bond motifs is 1. The summed E-state index contributed by atoms with van der Waals surface area (Å²) in [7, 11) is 0. The molecule has 0 bridgehead atoms. The van der Waals surface area contributed by atoms with Crippen LogP contribution in [0, 0.1) is 0 Å². The smallest absolute Gasteiger partial charge is 0.340 e. The molecule has 2 aromatic heterocycles. The molecular formula is C18H19N5O5. The molecule has 0 spiro atoms. The SMILES string of the molecule is CCOC(=O)c1ccccc1NC(=O)Cn1cnc2c(cnn2CCO)c1=O. The summed E-state index contributed by atoms with van der Waals surface area (Å²) in [6.07, 6.45) is 2.60. The number of para-hydroxylation sites is 1. The molecule has 0 saturated carbocycles. The predicted octanol–water partition coefficient (Wildman–Crippen LogP) is 0.401. The number of aromatic nitrogens is 4. The van der Waals surface area contributed by atoms with E-state index in [0.717, 1.165) is 4.57 Å². The quantitative estimate of drug-likeness (QED) is 0.563. The number of aliphatic hydroxyl groups excluding tert-OH is 1. The van der Waals surface area contributed by atoms with E-state index in [1.165, 1.54) is 17.2 Å². The van der Waals surface area contributed by atoms with Gasteiger partial charge in [0.2, 0.25) is 5.91 Å². The van der Waals surface area contributed by atoms with Gasteiger partial charge >= 0.3 is 5.97 Å². The standard InChI is InChI=1S/C18H19N5O5/c1-2-28-18(27)12-5-3-4-6-14(12)21-15(25)10-22-11-19-16-13(17(22)26)9-20-23(16)7-8-24/h3-6,9,11,24H,2,7-8,10H2,1H3,(H,21,25). The van der Waals surface area contributed by atoms with Crippen LogP contribution in [-0.4, -0.2) is 49.5 Å². The molecule has 10 heteroatoms. The minimum atomic E-state index is -0.546. The highest BCUT2D eigenvalue weighted by molar-refractivity contribution is 6.01. The third-order valence-electron chi connectivity index (χ3n) is 3.94. The van der Waals surface area contributed by atoms with Crippen LogP contribution in [-0.2, 0) is 22.6 Å². The van der Waals surface area contributed by atoms with Gasteiger partial charge in [-0.15, -0.1) is 0 Å². The molecule has 1 amide bonds. The normalized spacial score (nSPS) is 10.8. The second-order valence-corrected chi connectivity index (χ2v) is 5.82. The summed E-state index contributed by atoms with van der Waals surface area (Å²) in [5.74, 6) is -1.04. The number of rotatable bonds is 7. The Morgan fingerprint density at radius 3 is 2.82 bits per heavy atom. The van der Waals surface area contributed by atoms with Gasteiger partial charge in [-0.1, -0.05) is 12.1 Å². The number of ether oxygens (including phenoxy) is 1. The Labute approximate surface area is 159 Å². The number of hydrogen-bond acceptors (Lipinski definition) is 7. The largest absolute Gasteiger partial charge is 0.462 e. The summed E-state index contributed by atoms with van der Waals surface area (Å²) in [5.41, 5.74) is 0.430. The van der Waals surface area contributed by atoms with E-state index in [1.807, 2.05) is 0 Å². The molecule has 0 atom stereocenters. The number of esters is 1. The van der Waals surface area contributed by atoms with Gasteiger partial charge in [0, 0.05) is 0 Å². The lowest BCUT2D eigenvalue weighted by atomic mass is 10.2. The number of carbonyl (C=O) groups excluding carboxylic acids is 2. The lowest BCUT2D eigenvalue weighted by molar-refractivity contribution is -0.116. The fraction of sp³-hybridized carbons (Fsp3) is 0.278. The molecule has 0 fully saturated rings.